The average molecular weight is 435 g/mol. The molecule has 0 amide bonds. The van der Waals surface area contributed by atoms with E-state index in [0.29, 0.717) is 19.1 Å². The first-order chi connectivity index (χ1) is 14.8. The van der Waals surface area contributed by atoms with Gasteiger partial charge in [-0.1, -0.05) is 38.5 Å². The summed E-state index contributed by atoms with van der Waals surface area (Å²) in [5.41, 5.74) is 7.11. The van der Waals surface area contributed by atoms with E-state index in [1.54, 1.807) is 0 Å². The second kappa shape index (κ2) is 10.8. The maximum atomic E-state index is 10.3. The standard InChI is InChI=1S/C23H38N4O4/c1-6-17-11-20(22(28)30-7-2)25-21-12-19(26-27(17)21)18-9-8-16(10-15(18)5)24-23(29)31-13-14(3)4/h8-9,11-12,14,16,19-20,22-26,28-29H,6-7,10,13H2,1-5H3/t16?,19-,20?,22+,23?/m1/s1. The number of rotatable bonds is 10. The molecule has 1 aliphatic carbocycles. The molecule has 0 fully saturated rings. The number of hydrazine groups is 1. The minimum atomic E-state index is -0.970. The van der Waals surface area contributed by atoms with Crippen molar-refractivity contribution in [2.24, 2.45) is 5.92 Å². The number of nitrogens with zero attached hydrogens (tertiary/aromatic N) is 1. The fourth-order valence-electron chi connectivity index (χ4n) is 4.06. The van der Waals surface area contributed by atoms with Gasteiger partial charge in [0, 0.05) is 18.3 Å². The van der Waals surface area contributed by atoms with E-state index >= 15 is 0 Å². The summed E-state index contributed by atoms with van der Waals surface area (Å²) in [6.45, 7) is 11.2. The summed E-state index contributed by atoms with van der Waals surface area (Å²) in [6, 6.07) is -0.229. The first kappa shape index (κ1) is 24.0. The molecule has 2 aliphatic heterocycles. The predicted molar refractivity (Wildman–Crippen MR) is 120 cm³/mol. The zero-order chi connectivity index (χ0) is 22.5. The second-order valence-corrected chi connectivity index (χ2v) is 8.67. The molecule has 0 saturated carbocycles. The molecular formula is C23H38N4O4. The second-order valence-electron chi connectivity index (χ2n) is 8.67. The number of aliphatic hydroxyl groups is 2. The van der Waals surface area contributed by atoms with Crippen LogP contribution in [0.15, 0.2) is 47.0 Å². The Hall–Kier alpha value is -1.68. The van der Waals surface area contributed by atoms with Gasteiger partial charge in [-0.3, -0.25) is 10.3 Å². The summed E-state index contributed by atoms with van der Waals surface area (Å²) in [5, 5.41) is 28.9. The Morgan fingerprint density at radius 1 is 1.23 bits per heavy atom. The van der Waals surface area contributed by atoms with Crippen LogP contribution in [0.5, 0.6) is 0 Å². The lowest BCUT2D eigenvalue weighted by atomic mass is 9.91. The minimum Gasteiger partial charge on any atom is -0.366 e. The lowest BCUT2D eigenvalue weighted by Crippen LogP contribution is -2.50. The fourth-order valence-corrected chi connectivity index (χ4v) is 4.06. The Labute approximate surface area is 185 Å². The molecule has 3 unspecified atom stereocenters. The lowest BCUT2D eigenvalue weighted by molar-refractivity contribution is -0.130. The largest absolute Gasteiger partial charge is 0.366 e. The van der Waals surface area contributed by atoms with Crippen LogP contribution >= 0.6 is 0 Å². The summed E-state index contributed by atoms with van der Waals surface area (Å²) in [6.07, 6.45) is 8.12. The minimum absolute atomic E-state index is 0.0255. The monoisotopic (exact) mass is 434 g/mol. The van der Waals surface area contributed by atoms with Crippen LogP contribution in [0.2, 0.25) is 0 Å². The third-order valence-corrected chi connectivity index (χ3v) is 5.62. The zero-order valence-corrected chi connectivity index (χ0v) is 19.3. The van der Waals surface area contributed by atoms with Crippen molar-refractivity contribution >= 4 is 0 Å². The summed E-state index contributed by atoms with van der Waals surface area (Å²) in [4.78, 5) is 0. The van der Waals surface area contributed by atoms with Crippen molar-refractivity contribution in [3.05, 3.63) is 47.0 Å². The molecule has 0 aromatic carbocycles. The van der Waals surface area contributed by atoms with Crippen LogP contribution in [0, 0.1) is 5.92 Å². The van der Waals surface area contributed by atoms with E-state index in [1.165, 1.54) is 11.1 Å². The molecule has 31 heavy (non-hydrogen) atoms. The van der Waals surface area contributed by atoms with Gasteiger partial charge >= 0.3 is 0 Å². The van der Waals surface area contributed by atoms with Gasteiger partial charge in [0.1, 0.15) is 5.82 Å². The van der Waals surface area contributed by atoms with Gasteiger partial charge in [-0.15, -0.1) is 0 Å². The summed E-state index contributed by atoms with van der Waals surface area (Å²) < 4.78 is 10.8. The summed E-state index contributed by atoms with van der Waals surface area (Å²) >= 11 is 0. The molecule has 8 heteroatoms. The van der Waals surface area contributed by atoms with Gasteiger partial charge in [0.05, 0.1) is 18.7 Å². The predicted octanol–water partition coefficient (Wildman–Crippen LogP) is 1.82. The van der Waals surface area contributed by atoms with E-state index in [0.717, 1.165) is 24.4 Å². The Bertz CT molecular complexity index is 746. The van der Waals surface area contributed by atoms with E-state index in [1.807, 2.05) is 13.0 Å². The number of allylic oxidation sites excluding steroid dienone is 1. The third-order valence-electron chi connectivity index (χ3n) is 5.62. The Morgan fingerprint density at radius 3 is 2.65 bits per heavy atom. The van der Waals surface area contributed by atoms with Crippen molar-refractivity contribution < 1.29 is 19.7 Å². The van der Waals surface area contributed by atoms with Gasteiger partial charge < -0.3 is 25.0 Å². The van der Waals surface area contributed by atoms with Gasteiger partial charge in [-0.05, 0) is 50.3 Å². The first-order valence-electron chi connectivity index (χ1n) is 11.3. The van der Waals surface area contributed by atoms with Crippen molar-refractivity contribution in [2.45, 2.75) is 78.3 Å². The van der Waals surface area contributed by atoms with Crippen LogP contribution in [-0.4, -0.2) is 59.3 Å². The van der Waals surface area contributed by atoms with Crippen LogP contribution in [0.3, 0.4) is 0 Å². The Morgan fingerprint density at radius 2 is 2.00 bits per heavy atom. The van der Waals surface area contributed by atoms with Crippen LogP contribution < -0.4 is 16.1 Å². The number of hydrogen-bond donors (Lipinski definition) is 5. The van der Waals surface area contributed by atoms with E-state index in [2.05, 4.69) is 67.0 Å². The molecular weight excluding hydrogens is 396 g/mol. The topological polar surface area (TPSA) is 98.3 Å². The molecule has 0 saturated heterocycles. The quantitative estimate of drug-likeness (QED) is 0.332. The molecule has 5 N–H and O–H groups in total. The molecule has 0 aromatic heterocycles. The number of hydrogen-bond acceptors (Lipinski definition) is 8. The van der Waals surface area contributed by atoms with Gasteiger partial charge in [-0.2, -0.15) is 0 Å². The average Bonchev–Trinajstić information content (AvgIpc) is 3.15. The van der Waals surface area contributed by atoms with Crippen molar-refractivity contribution in [2.75, 3.05) is 13.2 Å². The molecule has 0 aromatic rings. The molecule has 5 atom stereocenters. The molecule has 0 spiro atoms. The van der Waals surface area contributed by atoms with E-state index < -0.39 is 12.7 Å². The van der Waals surface area contributed by atoms with E-state index in [-0.39, 0.29) is 18.1 Å². The van der Waals surface area contributed by atoms with Crippen LogP contribution in [0.4, 0.5) is 0 Å². The van der Waals surface area contributed by atoms with Crippen LogP contribution in [0.1, 0.15) is 47.5 Å². The van der Waals surface area contributed by atoms with Gasteiger partial charge in [0.15, 0.2) is 6.29 Å². The first-order valence-corrected chi connectivity index (χ1v) is 11.3. The third kappa shape index (κ3) is 5.97. The van der Waals surface area contributed by atoms with Crippen molar-refractivity contribution in [1.29, 1.82) is 0 Å². The highest BCUT2D eigenvalue weighted by atomic mass is 16.6. The van der Waals surface area contributed by atoms with E-state index in [4.69, 9.17) is 9.47 Å². The SMILES string of the molecule is CCO[C@H](O)C1C=C(CC)N2N[C@@H](C3=C(C)CC(NC(O)OCC(C)C)C=C3)C=C2N1. The number of aliphatic hydroxyl groups excluding tert-OH is 2. The van der Waals surface area contributed by atoms with Crippen molar-refractivity contribution in [3.8, 4) is 0 Å². The maximum Gasteiger partial charge on any atom is 0.213 e. The maximum absolute atomic E-state index is 10.3. The molecule has 0 radical (unpaired) electrons. The summed E-state index contributed by atoms with van der Waals surface area (Å²) in [5.74, 6) is 1.30. The number of ether oxygens (including phenoxy) is 2. The molecule has 0 bridgehead atoms. The van der Waals surface area contributed by atoms with Crippen LogP contribution in [-0.2, 0) is 9.47 Å². The van der Waals surface area contributed by atoms with E-state index in [9.17, 15) is 10.2 Å². The Kier molecular flexibility index (Phi) is 8.32. The zero-order valence-electron chi connectivity index (χ0n) is 19.3. The molecule has 174 valence electrons. The summed E-state index contributed by atoms with van der Waals surface area (Å²) in [7, 11) is 0. The van der Waals surface area contributed by atoms with Crippen molar-refractivity contribution in [1.82, 2.24) is 21.1 Å². The lowest BCUT2D eigenvalue weighted by Gasteiger charge is -2.35. The van der Waals surface area contributed by atoms with Crippen molar-refractivity contribution in [3.63, 3.8) is 0 Å². The smallest absolute Gasteiger partial charge is 0.213 e. The number of nitrogens with one attached hydrogen (secondary N) is 3. The highest BCUT2D eigenvalue weighted by Gasteiger charge is 2.34. The Balaban J connectivity index is 1.64. The van der Waals surface area contributed by atoms with Gasteiger partial charge in [0.25, 0.3) is 0 Å². The fraction of sp³-hybridized carbons (Fsp3) is 0.652. The highest BCUT2D eigenvalue weighted by molar-refractivity contribution is 5.41. The molecule has 3 aliphatic rings. The highest BCUT2D eigenvalue weighted by Crippen LogP contribution is 2.30. The molecule has 8 nitrogen and oxygen atoms in total. The number of fused-ring (bicyclic) bond motifs is 1. The molecule has 2 heterocycles. The van der Waals surface area contributed by atoms with Gasteiger partial charge in [0.2, 0.25) is 6.41 Å². The normalized spacial score (nSPS) is 27.7. The molecule has 3 rings (SSSR count). The van der Waals surface area contributed by atoms with Gasteiger partial charge in [-0.25, -0.2) is 5.43 Å². The van der Waals surface area contributed by atoms with Crippen LogP contribution in [0.25, 0.3) is 0 Å².